The van der Waals surface area contributed by atoms with E-state index in [2.05, 4.69) is 162 Å². The molecule has 2 nitrogen and oxygen atoms in total. The largest absolute Gasteiger partial charge is 0.237 e. The Morgan fingerprint density at radius 3 is 1.47 bits per heavy atom. The summed E-state index contributed by atoms with van der Waals surface area (Å²) in [6, 6.07) is 57.4. The van der Waals surface area contributed by atoms with Crippen LogP contribution in [0.2, 0.25) is 0 Å². The van der Waals surface area contributed by atoms with E-state index in [1.807, 2.05) is 19.2 Å². The minimum atomic E-state index is 0.750. The Morgan fingerprint density at radius 1 is 0.362 bits per heavy atom. The van der Waals surface area contributed by atoms with Gasteiger partial charge in [0, 0.05) is 17.5 Å². The number of fused-ring (bicyclic) bond motifs is 4. The quantitative estimate of drug-likeness (QED) is 0.188. The molecule has 8 aromatic carbocycles. The lowest BCUT2D eigenvalue weighted by molar-refractivity contribution is 1.11. The summed E-state index contributed by atoms with van der Waals surface area (Å²) in [4.78, 5) is 9.12. The highest BCUT2D eigenvalue weighted by Crippen LogP contribution is 2.45. The number of rotatable bonds is 4. The second-order valence-electron chi connectivity index (χ2n) is 12.3. The zero-order chi connectivity index (χ0) is 31.3. The monoisotopic (exact) mass is 598 g/mol. The summed E-state index contributed by atoms with van der Waals surface area (Å²) in [5.74, 6) is 0.750. The Kier molecular flexibility index (Phi) is 6.39. The predicted octanol–water partition coefficient (Wildman–Crippen LogP) is 12.1. The van der Waals surface area contributed by atoms with Gasteiger partial charge in [0.05, 0.1) is 0 Å². The molecule has 0 saturated heterocycles. The molecule has 9 aromatic rings. The number of aromatic nitrogens is 2. The van der Waals surface area contributed by atoms with Crippen LogP contribution in [0.4, 0.5) is 0 Å². The Bertz CT molecular complexity index is 2630. The van der Waals surface area contributed by atoms with Crippen LogP contribution in [0.25, 0.3) is 87.9 Å². The minimum absolute atomic E-state index is 0.750. The van der Waals surface area contributed by atoms with Gasteiger partial charge in [-0.15, -0.1) is 0 Å². The van der Waals surface area contributed by atoms with Crippen LogP contribution in [-0.4, -0.2) is 9.97 Å². The van der Waals surface area contributed by atoms with Crippen LogP contribution in [0.15, 0.2) is 164 Å². The fraction of sp³-hybridized carbons (Fsp3) is 0.0222. The molecular weight excluding hydrogens is 569 g/mol. The molecule has 0 aliphatic heterocycles. The predicted molar refractivity (Wildman–Crippen MR) is 199 cm³/mol. The van der Waals surface area contributed by atoms with Crippen molar-refractivity contribution in [1.82, 2.24) is 9.97 Å². The van der Waals surface area contributed by atoms with E-state index in [0.717, 1.165) is 22.6 Å². The van der Waals surface area contributed by atoms with Gasteiger partial charge in [-0.1, -0.05) is 133 Å². The summed E-state index contributed by atoms with van der Waals surface area (Å²) in [6.45, 7) is 2.00. The number of benzene rings is 8. The van der Waals surface area contributed by atoms with Gasteiger partial charge in [-0.2, -0.15) is 0 Å². The molecule has 0 bridgehead atoms. The molecule has 1 aromatic heterocycles. The first kappa shape index (κ1) is 27.2. The van der Waals surface area contributed by atoms with Crippen molar-refractivity contribution in [2.45, 2.75) is 6.92 Å². The topological polar surface area (TPSA) is 25.8 Å². The van der Waals surface area contributed by atoms with Crippen molar-refractivity contribution < 1.29 is 0 Å². The molecule has 0 amide bonds. The third kappa shape index (κ3) is 4.74. The van der Waals surface area contributed by atoms with Crippen LogP contribution in [-0.2, 0) is 0 Å². The van der Waals surface area contributed by atoms with Gasteiger partial charge in [0.15, 0.2) is 5.82 Å². The first-order chi connectivity index (χ1) is 23.2. The number of aryl methyl sites for hydroxylation is 1. The zero-order valence-electron chi connectivity index (χ0n) is 26.0. The average Bonchev–Trinajstić information content (AvgIpc) is 3.13. The normalized spacial score (nSPS) is 11.5. The fourth-order valence-electron chi connectivity index (χ4n) is 7.07. The maximum Gasteiger partial charge on any atom is 0.159 e. The number of hydrogen-bond acceptors (Lipinski definition) is 2. The van der Waals surface area contributed by atoms with Crippen molar-refractivity contribution in [2.75, 3.05) is 0 Å². The second-order valence-corrected chi connectivity index (χ2v) is 12.3. The van der Waals surface area contributed by atoms with E-state index >= 15 is 0 Å². The summed E-state index contributed by atoms with van der Waals surface area (Å²) < 4.78 is 0. The van der Waals surface area contributed by atoms with Gasteiger partial charge in [0.1, 0.15) is 0 Å². The van der Waals surface area contributed by atoms with Crippen molar-refractivity contribution in [3.8, 4) is 44.8 Å². The lowest BCUT2D eigenvalue weighted by atomic mass is 9.84. The molecule has 0 fully saturated rings. The summed E-state index contributed by atoms with van der Waals surface area (Å²) in [5.41, 5.74) is 9.29. The summed E-state index contributed by atoms with van der Waals surface area (Å²) in [6.07, 6.45) is 1.82. The maximum atomic E-state index is 4.63. The van der Waals surface area contributed by atoms with Crippen LogP contribution in [0.1, 0.15) is 5.69 Å². The SMILES string of the molecule is Cc1ccnc(-c2ccc(-c3ccc4c(-c5ccc6ccccc6c5)c5ccccc5c(-c5ccc6ccccc6c5)c4c3)cc2)n1. The lowest BCUT2D eigenvalue weighted by Gasteiger charge is -2.19. The van der Waals surface area contributed by atoms with Crippen LogP contribution >= 0.6 is 0 Å². The summed E-state index contributed by atoms with van der Waals surface area (Å²) in [7, 11) is 0. The van der Waals surface area contributed by atoms with Crippen LogP contribution < -0.4 is 0 Å². The zero-order valence-corrected chi connectivity index (χ0v) is 26.0. The van der Waals surface area contributed by atoms with E-state index in [4.69, 9.17) is 0 Å². The molecule has 0 N–H and O–H groups in total. The van der Waals surface area contributed by atoms with Gasteiger partial charge in [-0.3, -0.25) is 0 Å². The molecule has 2 heteroatoms. The maximum absolute atomic E-state index is 4.63. The molecule has 0 saturated carbocycles. The Balaban J connectivity index is 1.32. The Morgan fingerprint density at radius 2 is 0.851 bits per heavy atom. The molecule has 0 aliphatic carbocycles. The first-order valence-corrected chi connectivity index (χ1v) is 16.1. The highest BCUT2D eigenvalue weighted by atomic mass is 14.9. The third-order valence-corrected chi connectivity index (χ3v) is 9.37. The van der Waals surface area contributed by atoms with Crippen molar-refractivity contribution in [2.24, 2.45) is 0 Å². The van der Waals surface area contributed by atoms with E-state index in [0.29, 0.717) is 0 Å². The molecule has 220 valence electrons. The molecular formula is C45H30N2. The van der Waals surface area contributed by atoms with E-state index in [-0.39, 0.29) is 0 Å². The van der Waals surface area contributed by atoms with Crippen molar-refractivity contribution in [1.29, 1.82) is 0 Å². The molecule has 0 radical (unpaired) electrons. The summed E-state index contributed by atoms with van der Waals surface area (Å²) >= 11 is 0. The molecule has 0 spiro atoms. The number of hydrogen-bond donors (Lipinski definition) is 0. The second kappa shape index (κ2) is 11.0. The average molecular weight is 599 g/mol. The van der Waals surface area contributed by atoms with Gasteiger partial charge in [0.25, 0.3) is 0 Å². The van der Waals surface area contributed by atoms with Crippen molar-refractivity contribution >= 4 is 43.1 Å². The van der Waals surface area contributed by atoms with Crippen molar-refractivity contribution in [3.05, 3.63) is 170 Å². The first-order valence-electron chi connectivity index (χ1n) is 16.1. The standard InChI is InChI=1S/C45H30N2/c1-29-24-25-46-45(47-29)33-18-14-32(15-19-33)36-22-23-41-42(28-36)44(38-21-17-31-9-3-5-11-35(31)27-38)40-13-7-6-12-39(40)43(41)37-20-16-30-8-2-4-10-34(30)26-37/h2-28H,1H3. The molecule has 0 atom stereocenters. The smallest absolute Gasteiger partial charge is 0.159 e. The minimum Gasteiger partial charge on any atom is -0.237 e. The Hall–Kier alpha value is -6.12. The van der Waals surface area contributed by atoms with Crippen LogP contribution in [0.5, 0.6) is 0 Å². The van der Waals surface area contributed by atoms with E-state index in [1.165, 1.54) is 70.9 Å². The molecule has 1 heterocycles. The van der Waals surface area contributed by atoms with E-state index in [1.54, 1.807) is 0 Å². The van der Waals surface area contributed by atoms with Gasteiger partial charge in [-0.25, -0.2) is 9.97 Å². The fourth-order valence-corrected chi connectivity index (χ4v) is 7.07. The highest BCUT2D eigenvalue weighted by Gasteiger charge is 2.18. The Labute approximate surface area is 273 Å². The van der Waals surface area contributed by atoms with Gasteiger partial charge >= 0.3 is 0 Å². The third-order valence-electron chi connectivity index (χ3n) is 9.37. The van der Waals surface area contributed by atoms with Gasteiger partial charge in [-0.05, 0) is 108 Å². The van der Waals surface area contributed by atoms with E-state index < -0.39 is 0 Å². The lowest BCUT2D eigenvalue weighted by Crippen LogP contribution is -1.92. The highest BCUT2D eigenvalue weighted by molar-refractivity contribution is 6.22. The van der Waals surface area contributed by atoms with Crippen LogP contribution in [0.3, 0.4) is 0 Å². The van der Waals surface area contributed by atoms with E-state index in [9.17, 15) is 0 Å². The molecule has 47 heavy (non-hydrogen) atoms. The molecule has 0 unspecified atom stereocenters. The van der Waals surface area contributed by atoms with Gasteiger partial charge in [0.2, 0.25) is 0 Å². The summed E-state index contributed by atoms with van der Waals surface area (Å²) in [5, 5.41) is 9.98. The number of nitrogens with zero attached hydrogens (tertiary/aromatic N) is 2. The van der Waals surface area contributed by atoms with Crippen LogP contribution in [0, 0.1) is 6.92 Å². The van der Waals surface area contributed by atoms with Gasteiger partial charge < -0.3 is 0 Å². The molecule has 0 aliphatic rings. The molecule has 9 rings (SSSR count). The van der Waals surface area contributed by atoms with Crippen molar-refractivity contribution in [3.63, 3.8) is 0 Å².